The molecule has 2 N–H and O–H groups in total. The lowest BCUT2D eigenvalue weighted by Gasteiger charge is -2.32. The highest BCUT2D eigenvalue weighted by Crippen LogP contribution is 2.21. The molecule has 1 aliphatic heterocycles. The summed E-state index contributed by atoms with van der Waals surface area (Å²) >= 11 is 0. The number of rotatable bonds is 24. The Bertz CT molecular complexity index is 600. The maximum absolute atomic E-state index is 11.2. The number of carboxylic acids is 1. The molecule has 1 atom stereocenters. The first-order chi connectivity index (χ1) is 16.6. The highest BCUT2D eigenvalue weighted by molar-refractivity contribution is 5.80. The molecule has 5 heteroatoms. The highest BCUT2D eigenvalue weighted by Gasteiger charge is 2.34. The summed E-state index contributed by atoms with van der Waals surface area (Å²) in [6.45, 7) is 3.21. The number of quaternary nitrogens is 1. The summed E-state index contributed by atoms with van der Waals surface area (Å²) < 4.78 is 0.239. The second-order valence-electron chi connectivity index (χ2n) is 10.0. The van der Waals surface area contributed by atoms with Crippen molar-refractivity contribution in [3.8, 4) is 0 Å². The van der Waals surface area contributed by atoms with Crippen LogP contribution in [0, 0.1) is 0 Å². The third-order valence-electron chi connectivity index (χ3n) is 6.94. The molecule has 0 aromatic carbocycles. The third kappa shape index (κ3) is 14.7. The number of allylic oxidation sites excluding steroid dienone is 2. The molecule has 0 radical (unpaired) electrons. The summed E-state index contributed by atoms with van der Waals surface area (Å²) in [7, 11) is 0. The summed E-state index contributed by atoms with van der Waals surface area (Å²) in [5.41, 5.74) is 5.71. The summed E-state index contributed by atoms with van der Waals surface area (Å²) in [5, 5.41) is 11.2. The van der Waals surface area contributed by atoms with Gasteiger partial charge in [0.2, 0.25) is 5.84 Å². The van der Waals surface area contributed by atoms with E-state index in [1.807, 2.05) is 6.20 Å². The van der Waals surface area contributed by atoms with Gasteiger partial charge in [-0.3, -0.25) is 0 Å². The Kier molecular flexibility index (Phi) is 18.8. The molecular weight excluding hydrogens is 422 g/mol. The van der Waals surface area contributed by atoms with E-state index in [4.69, 9.17) is 5.73 Å². The van der Waals surface area contributed by atoms with E-state index in [-0.39, 0.29) is 11.0 Å². The van der Waals surface area contributed by atoms with Gasteiger partial charge in [0, 0.05) is 13.0 Å². The van der Waals surface area contributed by atoms with Gasteiger partial charge >= 0.3 is 0 Å². The van der Waals surface area contributed by atoms with Gasteiger partial charge < -0.3 is 15.6 Å². The predicted molar refractivity (Wildman–Crippen MR) is 143 cm³/mol. The zero-order valence-electron chi connectivity index (χ0n) is 22.2. The average Bonchev–Trinajstić information content (AvgIpc) is 3.19. The Labute approximate surface area is 210 Å². The van der Waals surface area contributed by atoms with Crippen molar-refractivity contribution in [2.75, 3.05) is 19.6 Å². The molecule has 0 bridgehead atoms. The van der Waals surface area contributed by atoms with Crippen LogP contribution in [-0.2, 0) is 4.79 Å². The number of nitrogens with two attached hydrogens (primary N) is 1. The maximum atomic E-state index is 11.2. The van der Waals surface area contributed by atoms with Gasteiger partial charge in [0.05, 0.1) is 12.2 Å². The number of amidine groups is 1. The molecule has 5 nitrogen and oxygen atoms in total. The van der Waals surface area contributed by atoms with Crippen LogP contribution in [0.3, 0.4) is 0 Å². The fraction of sp³-hybridized carbons (Fsp3) is 0.793. The average molecular weight is 476 g/mol. The van der Waals surface area contributed by atoms with Crippen molar-refractivity contribution >= 4 is 11.8 Å². The number of carbonyl (C=O) groups excluding carboxylic acids is 1. The van der Waals surface area contributed by atoms with E-state index in [0.717, 1.165) is 25.1 Å². The lowest BCUT2D eigenvalue weighted by molar-refractivity contribution is -0.780. The van der Waals surface area contributed by atoms with E-state index < -0.39 is 5.97 Å². The molecule has 0 aromatic heterocycles. The normalized spacial score (nSPS) is 17.6. The Morgan fingerprint density at radius 1 is 0.853 bits per heavy atom. The van der Waals surface area contributed by atoms with E-state index in [9.17, 15) is 9.90 Å². The molecule has 34 heavy (non-hydrogen) atoms. The van der Waals surface area contributed by atoms with Crippen molar-refractivity contribution < 1.29 is 14.4 Å². The largest absolute Gasteiger partial charge is 0.544 e. The van der Waals surface area contributed by atoms with Gasteiger partial charge in [-0.2, -0.15) is 0 Å². The number of hydrogen-bond donors (Lipinski definition) is 1. The van der Waals surface area contributed by atoms with Crippen LogP contribution < -0.4 is 10.8 Å². The summed E-state index contributed by atoms with van der Waals surface area (Å²) in [5.74, 6) is -0.135. The molecular formula is C29H53N3O2. The molecule has 0 saturated heterocycles. The molecule has 0 saturated carbocycles. The van der Waals surface area contributed by atoms with Gasteiger partial charge in [0.1, 0.15) is 19.3 Å². The zero-order chi connectivity index (χ0) is 24.7. The molecule has 1 unspecified atom stereocenters. The molecule has 0 fully saturated rings. The zero-order valence-corrected chi connectivity index (χ0v) is 22.2. The van der Waals surface area contributed by atoms with Crippen LogP contribution in [0.2, 0.25) is 0 Å². The monoisotopic (exact) mass is 475 g/mol. The number of nitrogens with zero attached hydrogens (tertiary/aromatic N) is 2. The van der Waals surface area contributed by atoms with Crippen LogP contribution in [0.1, 0.15) is 129 Å². The second-order valence-corrected chi connectivity index (χ2v) is 10.0. The van der Waals surface area contributed by atoms with Crippen molar-refractivity contribution in [1.29, 1.82) is 0 Å². The molecule has 0 aliphatic carbocycles. The summed E-state index contributed by atoms with van der Waals surface area (Å²) in [6.07, 6.45) is 33.0. The first kappa shape index (κ1) is 30.6. The SMILES string of the molecule is CCCCCCCCCCCCC/C=C/CCCCCCCC1=NC=C[N+]1(CCN)CC(=O)[O-]. The van der Waals surface area contributed by atoms with Crippen LogP contribution in [0.4, 0.5) is 0 Å². The minimum Gasteiger partial charge on any atom is -0.544 e. The number of carboxylic acid groups (broad SMARTS) is 1. The van der Waals surface area contributed by atoms with E-state index in [2.05, 4.69) is 24.1 Å². The minimum atomic E-state index is -1.05. The van der Waals surface area contributed by atoms with Crippen LogP contribution in [0.5, 0.6) is 0 Å². The van der Waals surface area contributed by atoms with Crippen LogP contribution >= 0.6 is 0 Å². The van der Waals surface area contributed by atoms with Gasteiger partial charge in [0.15, 0.2) is 0 Å². The lowest BCUT2D eigenvalue weighted by atomic mass is 10.0. The third-order valence-corrected chi connectivity index (χ3v) is 6.94. The van der Waals surface area contributed by atoms with Gasteiger partial charge in [-0.05, 0) is 32.1 Å². The number of carbonyl (C=O) groups is 1. The van der Waals surface area contributed by atoms with Gasteiger partial charge in [0.25, 0.3) is 0 Å². The quantitative estimate of drug-likeness (QED) is 0.0999. The Morgan fingerprint density at radius 2 is 1.35 bits per heavy atom. The molecule has 1 heterocycles. The van der Waals surface area contributed by atoms with E-state index >= 15 is 0 Å². The number of unbranched alkanes of at least 4 members (excludes halogenated alkanes) is 16. The van der Waals surface area contributed by atoms with E-state index in [1.54, 1.807) is 6.20 Å². The predicted octanol–water partition coefficient (Wildman–Crippen LogP) is 6.38. The Morgan fingerprint density at radius 3 is 1.85 bits per heavy atom. The van der Waals surface area contributed by atoms with Crippen molar-refractivity contribution in [3.05, 3.63) is 24.6 Å². The second kappa shape index (κ2) is 20.9. The Hall–Kier alpha value is -1.46. The fourth-order valence-electron chi connectivity index (χ4n) is 4.86. The number of hydrogen-bond acceptors (Lipinski definition) is 4. The van der Waals surface area contributed by atoms with Gasteiger partial charge in [-0.15, -0.1) is 0 Å². The van der Waals surface area contributed by atoms with E-state index in [1.165, 1.54) is 103 Å². The van der Waals surface area contributed by atoms with Crippen LogP contribution in [0.25, 0.3) is 0 Å². The van der Waals surface area contributed by atoms with Crippen molar-refractivity contribution in [3.63, 3.8) is 0 Å². The lowest BCUT2D eigenvalue weighted by Crippen LogP contribution is -2.55. The van der Waals surface area contributed by atoms with Crippen molar-refractivity contribution in [2.45, 2.75) is 129 Å². The summed E-state index contributed by atoms with van der Waals surface area (Å²) in [4.78, 5) is 15.6. The van der Waals surface area contributed by atoms with Gasteiger partial charge in [-0.25, -0.2) is 9.48 Å². The maximum Gasteiger partial charge on any atom is 0.207 e. The van der Waals surface area contributed by atoms with Gasteiger partial charge in [-0.1, -0.05) is 103 Å². The van der Waals surface area contributed by atoms with Crippen LogP contribution in [-0.4, -0.2) is 35.9 Å². The smallest absolute Gasteiger partial charge is 0.207 e. The topological polar surface area (TPSA) is 78.5 Å². The molecule has 196 valence electrons. The molecule has 1 rings (SSSR count). The molecule has 0 amide bonds. The van der Waals surface area contributed by atoms with Crippen LogP contribution in [0.15, 0.2) is 29.5 Å². The summed E-state index contributed by atoms with van der Waals surface area (Å²) in [6, 6.07) is 0. The number of aliphatic carboxylic acids is 1. The van der Waals surface area contributed by atoms with Crippen molar-refractivity contribution in [1.82, 2.24) is 0 Å². The minimum absolute atomic E-state index is 0.0714. The highest BCUT2D eigenvalue weighted by atomic mass is 16.4. The van der Waals surface area contributed by atoms with E-state index in [0.29, 0.717) is 13.1 Å². The molecule has 1 aliphatic rings. The first-order valence-electron chi connectivity index (χ1n) is 14.3. The first-order valence-corrected chi connectivity index (χ1v) is 14.3. The van der Waals surface area contributed by atoms with Crippen molar-refractivity contribution in [2.24, 2.45) is 10.7 Å². The fourth-order valence-corrected chi connectivity index (χ4v) is 4.86. The Balaban J connectivity index is 1.92. The molecule has 0 spiro atoms. The standard InChI is InChI=1S/C29H53N3O2/c1-2-3-4-5-6-7-8-9-10-11-12-13-14-15-16-17-18-19-20-21-22-28-31-24-26-32(28,25-23-30)27-29(33)34/h14-15,24,26H,2-13,16-23,25,27,30H2,1H3/b15-14+. The number of aliphatic imine (C=N–C) groups is 1. The molecule has 0 aromatic rings.